The Morgan fingerprint density at radius 1 is 1.35 bits per heavy atom. The monoisotopic (exact) mass is 272 g/mol. The molecular weight excluding hydrogens is 256 g/mol. The van der Waals surface area contributed by atoms with E-state index in [-0.39, 0.29) is 11.5 Å². The summed E-state index contributed by atoms with van der Waals surface area (Å²) in [6.45, 7) is 0. The molecule has 20 heavy (non-hydrogen) atoms. The Bertz CT molecular complexity index is 725. The number of nitrogens with zero attached hydrogens (tertiary/aromatic N) is 2. The summed E-state index contributed by atoms with van der Waals surface area (Å²) in [5.74, 6) is -0.216. The number of nitrogen functional groups attached to an aromatic ring is 1. The van der Waals surface area contributed by atoms with Crippen LogP contribution in [-0.4, -0.2) is 15.0 Å². The Morgan fingerprint density at radius 2 is 2.10 bits per heavy atom. The van der Waals surface area contributed by atoms with Crippen LogP contribution in [-0.2, 0) is 7.05 Å². The number of amides is 1. The van der Waals surface area contributed by atoms with Gasteiger partial charge in [-0.05, 0) is 25.0 Å². The maximum Gasteiger partial charge on any atom is 0.272 e. The van der Waals surface area contributed by atoms with Crippen molar-refractivity contribution in [1.29, 1.82) is 0 Å². The average Bonchev–Trinajstić information content (AvgIpc) is 3.17. The molecule has 0 saturated heterocycles. The minimum Gasteiger partial charge on any atom is -0.397 e. The van der Waals surface area contributed by atoms with Crippen LogP contribution >= 0.6 is 0 Å². The molecule has 1 aliphatic carbocycles. The van der Waals surface area contributed by atoms with Crippen LogP contribution in [0, 0.1) is 0 Å². The number of carbonyl (C=O) groups excluding carboxylic acids is 1. The molecule has 2 heterocycles. The minimum absolute atomic E-state index is 0.117. The zero-order valence-electron chi connectivity index (χ0n) is 11.2. The normalized spacial score (nSPS) is 14.2. The molecule has 2 aromatic rings. The number of aromatic nitrogens is 2. The van der Waals surface area contributed by atoms with E-state index in [1.807, 2.05) is 4.57 Å². The van der Waals surface area contributed by atoms with E-state index in [4.69, 9.17) is 5.73 Å². The van der Waals surface area contributed by atoms with Crippen LogP contribution in [0.3, 0.4) is 0 Å². The fourth-order valence-corrected chi connectivity index (χ4v) is 2.20. The molecule has 1 aliphatic rings. The van der Waals surface area contributed by atoms with Gasteiger partial charge < -0.3 is 20.2 Å². The standard InChI is InChI=1S/C14H16N4O2/c1-17-8-10(2-5-13(17)19)16-14(20)12-6-9(15)7-18(12)11-3-4-11/h2,5-8,11H,3-4,15H2,1H3,(H,16,20). The SMILES string of the molecule is Cn1cc(NC(=O)c2cc(N)cn2C2CC2)ccc1=O. The number of rotatable bonds is 3. The largest absolute Gasteiger partial charge is 0.397 e. The predicted octanol–water partition coefficient (Wildman–Crippen LogP) is 1.36. The number of aryl methyl sites for hydroxylation is 1. The third-order valence-corrected chi connectivity index (χ3v) is 3.39. The lowest BCUT2D eigenvalue weighted by atomic mass is 10.3. The molecule has 0 spiro atoms. The molecule has 104 valence electrons. The van der Waals surface area contributed by atoms with Crippen LogP contribution < -0.4 is 16.6 Å². The molecule has 3 rings (SSSR count). The summed E-state index contributed by atoms with van der Waals surface area (Å²) in [6, 6.07) is 5.07. The van der Waals surface area contributed by atoms with Crippen molar-refractivity contribution < 1.29 is 4.79 Å². The van der Waals surface area contributed by atoms with Crippen molar-refractivity contribution in [3.8, 4) is 0 Å². The Labute approximate surface area is 115 Å². The minimum atomic E-state index is -0.216. The highest BCUT2D eigenvalue weighted by atomic mass is 16.2. The van der Waals surface area contributed by atoms with Gasteiger partial charge >= 0.3 is 0 Å². The smallest absolute Gasteiger partial charge is 0.272 e. The highest BCUT2D eigenvalue weighted by Crippen LogP contribution is 2.37. The van der Waals surface area contributed by atoms with Crippen LogP contribution in [0.4, 0.5) is 11.4 Å². The maximum atomic E-state index is 12.3. The molecule has 0 atom stereocenters. The van der Waals surface area contributed by atoms with Crippen molar-refractivity contribution in [2.45, 2.75) is 18.9 Å². The van der Waals surface area contributed by atoms with Gasteiger partial charge in [0, 0.05) is 31.5 Å². The van der Waals surface area contributed by atoms with Gasteiger partial charge in [-0.1, -0.05) is 0 Å². The average molecular weight is 272 g/mol. The van der Waals surface area contributed by atoms with E-state index in [0.29, 0.717) is 23.1 Å². The van der Waals surface area contributed by atoms with Gasteiger partial charge in [0.2, 0.25) is 5.56 Å². The lowest BCUT2D eigenvalue weighted by molar-refractivity contribution is 0.101. The number of hydrogen-bond donors (Lipinski definition) is 2. The number of nitrogens with one attached hydrogen (secondary N) is 1. The van der Waals surface area contributed by atoms with Crippen LogP contribution in [0.15, 0.2) is 35.4 Å². The molecule has 6 heteroatoms. The first-order valence-electron chi connectivity index (χ1n) is 6.50. The molecule has 6 nitrogen and oxygen atoms in total. The number of carbonyl (C=O) groups is 1. The summed E-state index contributed by atoms with van der Waals surface area (Å²) >= 11 is 0. The summed E-state index contributed by atoms with van der Waals surface area (Å²) in [7, 11) is 1.64. The molecule has 1 amide bonds. The fraction of sp³-hybridized carbons (Fsp3) is 0.286. The quantitative estimate of drug-likeness (QED) is 0.885. The molecule has 0 unspecified atom stereocenters. The van der Waals surface area contributed by atoms with Gasteiger partial charge in [-0.2, -0.15) is 0 Å². The summed E-state index contributed by atoms with van der Waals surface area (Å²) in [6.07, 6.45) is 5.55. The zero-order valence-corrected chi connectivity index (χ0v) is 11.2. The first-order valence-corrected chi connectivity index (χ1v) is 6.50. The van der Waals surface area contributed by atoms with E-state index < -0.39 is 0 Å². The molecular formula is C14H16N4O2. The van der Waals surface area contributed by atoms with Crippen molar-refractivity contribution in [2.75, 3.05) is 11.1 Å². The topological polar surface area (TPSA) is 82.0 Å². The summed E-state index contributed by atoms with van der Waals surface area (Å²) in [4.78, 5) is 23.6. The van der Waals surface area contributed by atoms with Gasteiger partial charge in [-0.15, -0.1) is 0 Å². The van der Waals surface area contributed by atoms with Crippen molar-refractivity contribution in [2.24, 2.45) is 7.05 Å². The van der Waals surface area contributed by atoms with E-state index in [2.05, 4.69) is 5.32 Å². The van der Waals surface area contributed by atoms with E-state index in [9.17, 15) is 9.59 Å². The van der Waals surface area contributed by atoms with Gasteiger partial charge in [0.15, 0.2) is 0 Å². The maximum absolute atomic E-state index is 12.3. The molecule has 0 bridgehead atoms. The second-order valence-corrected chi connectivity index (χ2v) is 5.12. The van der Waals surface area contributed by atoms with Crippen molar-refractivity contribution >= 4 is 17.3 Å². The zero-order chi connectivity index (χ0) is 14.3. The second-order valence-electron chi connectivity index (χ2n) is 5.12. The van der Waals surface area contributed by atoms with Crippen molar-refractivity contribution in [3.63, 3.8) is 0 Å². The molecule has 0 aliphatic heterocycles. The van der Waals surface area contributed by atoms with E-state index in [1.165, 1.54) is 10.6 Å². The highest BCUT2D eigenvalue weighted by Gasteiger charge is 2.27. The summed E-state index contributed by atoms with van der Waals surface area (Å²) < 4.78 is 3.34. The first kappa shape index (κ1) is 12.5. The van der Waals surface area contributed by atoms with Crippen LogP contribution in [0.5, 0.6) is 0 Å². The lowest BCUT2D eigenvalue weighted by Crippen LogP contribution is -2.19. The Balaban J connectivity index is 1.85. The van der Waals surface area contributed by atoms with Gasteiger partial charge in [0.1, 0.15) is 5.69 Å². The number of nitrogens with two attached hydrogens (primary N) is 1. The van der Waals surface area contributed by atoms with Crippen molar-refractivity contribution in [3.05, 3.63) is 46.6 Å². The third-order valence-electron chi connectivity index (χ3n) is 3.39. The second kappa shape index (κ2) is 4.56. The van der Waals surface area contributed by atoms with Gasteiger partial charge in [0.05, 0.1) is 11.4 Å². The van der Waals surface area contributed by atoms with Crippen LogP contribution in [0.25, 0.3) is 0 Å². The van der Waals surface area contributed by atoms with E-state index >= 15 is 0 Å². The van der Waals surface area contributed by atoms with Gasteiger partial charge in [0.25, 0.3) is 5.91 Å². The Morgan fingerprint density at radius 3 is 2.75 bits per heavy atom. The Kier molecular flexibility index (Phi) is 2.85. The first-order chi connectivity index (χ1) is 9.54. The molecule has 3 N–H and O–H groups in total. The van der Waals surface area contributed by atoms with Crippen LogP contribution in [0.1, 0.15) is 29.4 Å². The van der Waals surface area contributed by atoms with E-state index in [0.717, 1.165) is 12.8 Å². The molecule has 1 saturated carbocycles. The predicted molar refractivity (Wildman–Crippen MR) is 76.8 cm³/mol. The number of pyridine rings is 1. The van der Waals surface area contributed by atoms with Gasteiger partial charge in [-0.25, -0.2) is 0 Å². The summed E-state index contributed by atoms with van der Waals surface area (Å²) in [5, 5.41) is 2.79. The lowest BCUT2D eigenvalue weighted by Gasteiger charge is -2.09. The summed E-state index contributed by atoms with van der Waals surface area (Å²) in [5.41, 5.74) is 7.38. The molecule has 0 aromatic carbocycles. The highest BCUT2D eigenvalue weighted by molar-refractivity contribution is 6.03. The fourth-order valence-electron chi connectivity index (χ4n) is 2.20. The number of anilines is 2. The third kappa shape index (κ3) is 2.32. The Hall–Kier alpha value is -2.50. The van der Waals surface area contributed by atoms with Gasteiger partial charge in [-0.3, -0.25) is 9.59 Å². The molecule has 2 aromatic heterocycles. The molecule has 0 radical (unpaired) electrons. The van der Waals surface area contributed by atoms with Crippen molar-refractivity contribution in [1.82, 2.24) is 9.13 Å². The van der Waals surface area contributed by atoms with E-state index in [1.54, 1.807) is 31.6 Å². The number of hydrogen-bond acceptors (Lipinski definition) is 3. The van der Waals surface area contributed by atoms with Crippen LogP contribution in [0.2, 0.25) is 0 Å². The molecule has 1 fully saturated rings.